The first kappa shape index (κ1) is 14.0. The number of nitrogens with zero attached hydrogens (tertiary/aromatic N) is 3. The van der Waals surface area contributed by atoms with E-state index in [1.165, 1.54) is 6.07 Å². The van der Waals surface area contributed by atoms with Crippen molar-refractivity contribution >= 4 is 17.0 Å². The predicted molar refractivity (Wildman–Crippen MR) is 76.4 cm³/mol. The van der Waals surface area contributed by atoms with Gasteiger partial charge in [0, 0.05) is 6.54 Å². The lowest BCUT2D eigenvalue weighted by Crippen LogP contribution is -2.36. The van der Waals surface area contributed by atoms with Gasteiger partial charge in [-0.05, 0) is 38.4 Å². The molecule has 0 radical (unpaired) electrons. The highest BCUT2D eigenvalue weighted by Gasteiger charge is 2.31. The molecule has 5 nitrogen and oxygen atoms in total. The molecule has 2 heterocycles. The van der Waals surface area contributed by atoms with Crippen LogP contribution in [-0.2, 0) is 17.9 Å². The van der Waals surface area contributed by atoms with E-state index in [1.54, 1.807) is 6.07 Å². The number of likely N-dealkylation sites (tertiary alicyclic amines) is 1. The summed E-state index contributed by atoms with van der Waals surface area (Å²) >= 11 is 0. The Balaban J connectivity index is 1.97. The Labute approximate surface area is 122 Å². The average molecular weight is 291 g/mol. The molecule has 1 N–H and O–H groups in total. The van der Waals surface area contributed by atoms with E-state index in [9.17, 15) is 14.3 Å². The van der Waals surface area contributed by atoms with Gasteiger partial charge in [0.05, 0.1) is 12.1 Å². The number of carboxylic acids is 1. The van der Waals surface area contributed by atoms with E-state index in [1.807, 2.05) is 22.5 Å². The number of imidazole rings is 1. The van der Waals surface area contributed by atoms with Gasteiger partial charge in [0.2, 0.25) is 0 Å². The molecular weight excluding hydrogens is 273 g/mol. The van der Waals surface area contributed by atoms with Gasteiger partial charge in [-0.1, -0.05) is 6.07 Å². The van der Waals surface area contributed by atoms with E-state index in [2.05, 4.69) is 4.98 Å². The quantitative estimate of drug-likeness (QED) is 0.938. The van der Waals surface area contributed by atoms with Gasteiger partial charge in [0.1, 0.15) is 17.4 Å². The van der Waals surface area contributed by atoms with E-state index in [4.69, 9.17) is 0 Å². The van der Waals surface area contributed by atoms with Crippen LogP contribution in [0, 0.1) is 5.82 Å². The minimum atomic E-state index is -0.794. The first-order valence-corrected chi connectivity index (χ1v) is 7.22. The maximum atomic E-state index is 13.9. The first-order chi connectivity index (χ1) is 10.1. The molecule has 1 aliphatic rings. The lowest BCUT2D eigenvalue weighted by atomic mass is 10.2. The van der Waals surface area contributed by atoms with Crippen LogP contribution in [0.25, 0.3) is 11.0 Å². The summed E-state index contributed by atoms with van der Waals surface area (Å²) in [4.78, 5) is 17.6. The van der Waals surface area contributed by atoms with Crippen molar-refractivity contribution in [3.05, 3.63) is 29.8 Å². The monoisotopic (exact) mass is 291 g/mol. The molecule has 3 rings (SSSR count). The van der Waals surface area contributed by atoms with Crippen LogP contribution in [0.1, 0.15) is 25.6 Å². The zero-order chi connectivity index (χ0) is 15.0. The normalized spacial score (nSPS) is 19.4. The molecule has 21 heavy (non-hydrogen) atoms. The number of rotatable bonds is 4. The molecule has 1 fully saturated rings. The third-order valence-electron chi connectivity index (χ3n) is 4.12. The summed E-state index contributed by atoms with van der Waals surface area (Å²) in [6, 6.07) is 4.46. The minimum absolute atomic E-state index is 0.336. The summed E-state index contributed by atoms with van der Waals surface area (Å²) in [5.41, 5.74) is 1.12. The molecule has 0 spiro atoms. The van der Waals surface area contributed by atoms with Gasteiger partial charge in [0.25, 0.3) is 0 Å². The van der Waals surface area contributed by atoms with E-state index in [-0.39, 0.29) is 5.82 Å². The number of para-hydroxylation sites is 1. The number of aromatic nitrogens is 2. The number of aliphatic carboxylic acids is 1. The second-order valence-corrected chi connectivity index (χ2v) is 5.35. The van der Waals surface area contributed by atoms with Gasteiger partial charge >= 0.3 is 5.97 Å². The highest BCUT2D eigenvalue weighted by Crippen LogP contribution is 2.24. The van der Waals surface area contributed by atoms with Crippen molar-refractivity contribution in [3.8, 4) is 0 Å². The molecule has 0 saturated carbocycles. The molecule has 0 bridgehead atoms. The summed E-state index contributed by atoms with van der Waals surface area (Å²) in [5.74, 6) is -0.402. The van der Waals surface area contributed by atoms with Crippen molar-refractivity contribution in [2.45, 2.75) is 38.9 Å². The summed E-state index contributed by atoms with van der Waals surface area (Å²) in [7, 11) is 0. The zero-order valence-corrected chi connectivity index (χ0v) is 11.9. The number of benzene rings is 1. The number of hydrogen-bond donors (Lipinski definition) is 1. The Morgan fingerprint density at radius 2 is 2.33 bits per heavy atom. The van der Waals surface area contributed by atoms with E-state index in [0.29, 0.717) is 25.0 Å². The fourth-order valence-electron chi connectivity index (χ4n) is 3.11. The second-order valence-electron chi connectivity index (χ2n) is 5.35. The molecule has 2 aromatic rings. The van der Waals surface area contributed by atoms with Crippen molar-refractivity contribution in [1.29, 1.82) is 0 Å². The van der Waals surface area contributed by atoms with Crippen LogP contribution in [0.2, 0.25) is 0 Å². The highest BCUT2D eigenvalue weighted by atomic mass is 19.1. The van der Waals surface area contributed by atoms with E-state index < -0.39 is 12.0 Å². The van der Waals surface area contributed by atoms with Crippen molar-refractivity contribution in [2.24, 2.45) is 0 Å². The van der Waals surface area contributed by atoms with Crippen LogP contribution in [-0.4, -0.2) is 38.1 Å². The number of carboxylic acid groups (broad SMARTS) is 1. The summed E-state index contributed by atoms with van der Waals surface area (Å²) < 4.78 is 15.8. The number of carbonyl (C=O) groups is 1. The van der Waals surface area contributed by atoms with Crippen LogP contribution in [0.15, 0.2) is 18.2 Å². The third kappa shape index (κ3) is 2.40. The molecule has 6 heteroatoms. The first-order valence-electron chi connectivity index (χ1n) is 7.22. The van der Waals surface area contributed by atoms with Gasteiger partial charge < -0.3 is 9.67 Å². The maximum absolute atomic E-state index is 13.9. The fourth-order valence-corrected chi connectivity index (χ4v) is 3.11. The Hall–Kier alpha value is -1.95. The molecule has 1 aromatic heterocycles. The summed E-state index contributed by atoms with van der Waals surface area (Å²) in [6.45, 7) is 3.85. The topological polar surface area (TPSA) is 58.4 Å². The lowest BCUT2D eigenvalue weighted by molar-refractivity contribution is -0.142. The molecule has 0 aliphatic carbocycles. The van der Waals surface area contributed by atoms with Crippen LogP contribution >= 0.6 is 0 Å². The van der Waals surface area contributed by atoms with Crippen molar-refractivity contribution in [3.63, 3.8) is 0 Å². The van der Waals surface area contributed by atoms with Crippen LogP contribution in [0.5, 0.6) is 0 Å². The van der Waals surface area contributed by atoms with Gasteiger partial charge in [-0.15, -0.1) is 0 Å². The maximum Gasteiger partial charge on any atom is 0.320 e. The molecule has 1 aromatic carbocycles. The zero-order valence-electron chi connectivity index (χ0n) is 11.9. The number of fused-ring (bicyclic) bond motifs is 1. The molecule has 1 aliphatic heterocycles. The van der Waals surface area contributed by atoms with Crippen LogP contribution in [0.3, 0.4) is 0 Å². The molecule has 1 atom stereocenters. The largest absolute Gasteiger partial charge is 0.480 e. The number of aryl methyl sites for hydroxylation is 1. The molecule has 1 unspecified atom stereocenters. The summed E-state index contributed by atoms with van der Waals surface area (Å²) in [6.07, 6.45) is 1.54. The Morgan fingerprint density at radius 3 is 3.05 bits per heavy atom. The van der Waals surface area contributed by atoms with E-state index >= 15 is 0 Å². The Bertz CT molecular complexity index is 683. The molecule has 112 valence electrons. The average Bonchev–Trinajstić information content (AvgIpc) is 3.04. The summed E-state index contributed by atoms with van der Waals surface area (Å²) in [5, 5.41) is 9.24. The van der Waals surface area contributed by atoms with Crippen molar-refractivity contribution in [1.82, 2.24) is 14.5 Å². The Morgan fingerprint density at radius 1 is 1.52 bits per heavy atom. The third-order valence-corrected chi connectivity index (χ3v) is 4.12. The predicted octanol–water partition coefficient (Wildman–Crippen LogP) is 2.24. The SMILES string of the molecule is CCn1c(CN2CCCC2C(=O)O)nc2c(F)cccc21. The minimum Gasteiger partial charge on any atom is -0.480 e. The van der Waals surface area contributed by atoms with Crippen LogP contribution in [0.4, 0.5) is 4.39 Å². The number of halogens is 1. The van der Waals surface area contributed by atoms with Crippen molar-refractivity contribution < 1.29 is 14.3 Å². The van der Waals surface area contributed by atoms with Crippen LogP contribution < -0.4 is 0 Å². The fraction of sp³-hybridized carbons (Fsp3) is 0.467. The standard InChI is InChI=1S/C15H18FN3O2/c1-2-19-11-6-3-5-10(16)14(11)17-13(19)9-18-8-4-7-12(18)15(20)21/h3,5-6,12H,2,4,7-9H2,1H3,(H,20,21). The van der Waals surface area contributed by atoms with Gasteiger partial charge in [-0.2, -0.15) is 0 Å². The van der Waals surface area contributed by atoms with Crippen molar-refractivity contribution in [2.75, 3.05) is 6.54 Å². The highest BCUT2D eigenvalue weighted by molar-refractivity contribution is 5.77. The second kappa shape index (κ2) is 5.44. The lowest BCUT2D eigenvalue weighted by Gasteiger charge is -2.20. The van der Waals surface area contributed by atoms with Gasteiger partial charge in [-0.3, -0.25) is 9.69 Å². The molecule has 0 amide bonds. The Kier molecular flexibility index (Phi) is 3.63. The molecule has 1 saturated heterocycles. The smallest absolute Gasteiger partial charge is 0.320 e. The molecular formula is C15H18FN3O2. The van der Waals surface area contributed by atoms with E-state index in [0.717, 1.165) is 24.3 Å². The van der Waals surface area contributed by atoms with Gasteiger partial charge in [0.15, 0.2) is 5.82 Å². The van der Waals surface area contributed by atoms with Gasteiger partial charge in [-0.25, -0.2) is 9.37 Å². The number of hydrogen-bond acceptors (Lipinski definition) is 3.